The van der Waals surface area contributed by atoms with E-state index < -0.39 is 0 Å². The molecule has 5 nitrogen and oxygen atoms in total. The minimum absolute atomic E-state index is 0.0248. The summed E-state index contributed by atoms with van der Waals surface area (Å²) in [6, 6.07) is 4.41. The number of nitrogens with zero attached hydrogens (tertiary/aromatic N) is 3. The van der Waals surface area contributed by atoms with Crippen molar-refractivity contribution in [3.05, 3.63) is 65.5 Å². The molecule has 0 saturated heterocycles. The van der Waals surface area contributed by atoms with Crippen LogP contribution in [0.1, 0.15) is 25.2 Å². The molecule has 7 heteroatoms. The number of hydrogen-bond donors (Lipinski definition) is 1. The second-order valence-corrected chi connectivity index (χ2v) is 6.35. The third-order valence-electron chi connectivity index (χ3n) is 3.57. The monoisotopic (exact) mass is 364 g/mol. The van der Waals surface area contributed by atoms with Crippen LogP contribution in [0.4, 0.5) is 9.18 Å². The summed E-state index contributed by atoms with van der Waals surface area (Å²) in [7, 11) is 0. The van der Waals surface area contributed by atoms with Gasteiger partial charge in [0.1, 0.15) is 11.6 Å². The molecule has 0 spiro atoms. The third kappa shape index (κ3) is 5.06. The molecule has 1 aromatic carbocycles. The molecule has 1 N–H and O–H groups in total. The van der Waals surface area contributed by atoms with Crippen molar-refractivity contribution in [1.82, 2.24) is 19.8 Å². The summed E-state index contributed by atoms with van der Waals surface area (Å²) in [6.45, 7) is 8.38. The van der Waals surface area contributed by atoms with Gasteiger partial charge in [0.2, 0.25) is 0 Å². The molecule has 0 atom stereocenters. The van der Waals surface area contributed by atoms with E-state index in [1.54, 1.807) is 40.1 Å². The van der Waals surface area contributed by atoms with E-state index in [9.17, 15) is 9.18 Å². The first-order valence-corrected chi connectivity index (χ1v) is 8.39. The number of carbonyl (C=O) groups is 1. The number of hydrogen-bond acceptors (Lipinski definition) is 2. The summed E-state index contributed by atoms with van der Waals surface area (Å²) in [5, 5.41) is 3.21. The fourth-order valence-corrected chi connectivity index (χ4v) is 2.60. The Kier molecular flexibility index (Phi) is 6.58. The lowest BCUT2D eigenvalue weighted by Crippen LogP contribution is -2.43. The van der Waals surface area contributed by atoms with Gasteiger partial charge in [-0.25, -0.2) is 14.2 Å². The molecule has 2 aromatic rings. The lowest BCUT2D eigenvalue weighted by Gasteiger charge is -2.23. The first-order valence-electron chi connectivity index (χ1n) is 8.01. The van der Waals surface area contributed by atoms with Gasteiger partial charge in [0.25, 0.3) is 0 Å². The molecule has 0 unspecified atom stereocenters. The fraction of sp³-hybridized carbons (Fsp3) is 0.333. The standard InChI is InChI=1S/C18H22ClFN4O/c1-4-9-24(18(25)22-13(2)3)12-17-21-8-10-23(17)11-14-15(19)6-5-7-16(14)20/h4-8,10,13H,1,9,11-12H2,2-3H3,(H,22,25). The predicted molar refractivity (Wildman–Crippen MR) is 97.0 cm³/mol. The zero-order chi connectivity index (χ0) is 18.4. The Morgan fingerprint density at radius 1 is 1.52 bits per heavy atom. The number of urea groups is 1. The lowest BCUT2D eigenvalue weighted by molar-refractivity contribution is 0.196. The quantitative estimate of drug-likeness (QED) is 0.759. The molecule has 0 aliphatic rings. The van der Waals surface area contributed by atoms with E-state index in [-0.39, 0.29) is 31.0 Å². The first kappa shape index (κ1) is 19.0. The maximum Gasteiger partial charge on any atom is 0.318 e. The number of imidazole rings is 1. The van der Waals surface area contributed by atoms with Crippen LogP contribution in [0.3, 0.4) is 0 Å². The molecule has 1 heterocycles. The Balaban J connectivity index is 2.19. The van der Waals surface area contributed by atoms with Crippen molar-refractivity contribution in [3.63, 3.8) is 0 Å². The van der Waals surface area contributed by atoms with Crippen molar-refractivity contribution < 1.29 is 9.18 Å². The number of halogens is 2. The summed E-state index contributed by atoms with van der Waals surface area (Å²) in [5.74, 6) is 0.271. The van der Waals surface area contributed by atoms with Crippen molar-refractivity contribution in [3.8, 4) is 0 Å². The van der Waals surface area contributed by atoms with Gasteiger partial charge in [0.15, 0.2) is 0 Å². The van der Waals surface area contributed by atoms with E-state index in [0.717, 1.165) is 0 Å². The van der Waals surface area contributed by atoms with E-state index in [1.807, 2.05) is 13.8 Å². The number of aromatic nitrogens is 2. The van der Waals surface area contributed by atoms with Gasteiger partial charge in [-0.3, -0.25) is 0 Å². The van der Waals surface area contributed by atoms with Crippen molar-refractivity contribution >= 4 is 17.6 Å². The molecule has 1 aromatic heterocycles. The van der Waals surface area contributed by atoms with Crippen LogP contribution >= 0.6 is 11.6 Å². The van der Waals surface area contributed by atoms with Crippen LogP contribution in [0.25, 0.3) is 0 Å². The molecule has 2 rings (SSSR count). The van der Waals surface area contributed by atoms with Crippen LogP contribution in [0.5, 0.6) is 0 Å². The number of nitrogens with one attached hydrogen (secondary N) is 1. The van der Waals surface area contributed by atoms with Crippen LogP contribution in [0, 0.1) is 5.82 Å². The SMILES string of the molecule is C=CCN(Cc1nccn1Cc1c(F)cccc1Cl)C(=O)NC(C)C. The summed E-state index contributed by atoms with van der Waals surface area (Å²) in [4.78, 5) is 18.2. The highest BCUT2D eigenvalue weighted by Gasteiger charge is 2.17. The van der Waals surface area contributed by atoms with E-state index in [4.69, 9.17) is 11.6 Å². The molecular weight excluding hydrogens is 343 g/mol. The second-order valence-electron chi connectivity index (χ2n) is 5.94. The summed E-state index contributed by atoms with van der Waals surface area (Å²) in [5.41, 5.74) is 0.394. The molecule has 0 radical (unpaired) electrons. The maximum absolute atomic E-state index is 14.0. The summed E-state index contributed by atoms with van der Waals surface area (Å²) >= 11 is 6.10. The Bertz CT molecular complexity index is 724. The largest absolute Gasteiger partial charge is 0.336 e. The van der Waals surface area contributed by atoms with Gasteiger partial charge in [0, 0.05) is 35.6 Å². The van der Waals surface area contributed by atoms with Gasteiger partial charge in [-0.15, -0.1) is 6.58 Å². The zero-order valence-corrected chi connectivity index (χ0v) is 15.1. The van der Waals surface area contributed by atoms with Crippen molar-refractivity contribution in [2.24, 2.45) is 0 Å². The second kappa shape index (κ2) is 8.67. The summed E-state index contributed by atoms with van der Waals surface area (Å²) in [6.07, 6.45) is 5.02. The highest BCUT2D eigenvalue weighted by atomic mass is 35.5. The van der Waals surface area contributed by atoms with Crippen LogP contribution in [-0.4, -0.2) is 33.1 Å². The molecule has 0 saturated carbocycles. The van der Waals surface area contributed by atoms with Gasteiger partial charge in [-0.05, 0) is 26.0 Å². The average Bonchev–Trinajstić information content (AvgIpc) is 2.97. The smallest absolute Gasteiger partial charge is 0.318 e. The molecular formula is C18H22ClFN4O. The Labute approximate surface area is 152 Å². The Morgan fingerprint density at radius 3 is 2.92 bits per heavy atom. The minimum Gasteiger partial charge on any atom is -0.336 e. The molecule has 0 bridgehead atoms. The Hall–Kier alpha value is -2.34. The molecule has 2 amide bonds. The Morgan fingerprint density at radius 2 is 2.28 bits per heavy atom. The highest BCUT2D eigenvalue weighted by molar-refractivity contribution is 6.31. The molecule has 134 valence electrons. The van der Waals surface area contributed by atoms with E-state index >= 15 is 0 Å². The zero-order valence-electron chi connectivity index (χ0n) is 14.4. The minimum atomic E-state index is -0.368. The van der Waals surface area contributed by atoms with Gasteiger partial charge in [-0.1, -0.05) is 23.7 Å². The number of rotatable bonds is 7. The lowest BCUT2D eigenvalue weighted by atomic mass is 10.2. The molecule has 0 aliphatic heterocycles. The predicted octanol–water partition coefficient (Wildman–Crippen LogP) is 3.83. The van der Waals surface area contributed by atoms with Crippen LogP contribution < -0.4 is 5.32 Å². The van der Waals surface area contributed by atoms with Crippen molar-refractivity contribution in [2.45, 2.75) is 33.0 Å². The van der Waals surface area contributed by atoms with Crippen LogP contribution in [0.15, 0.2) is 43.2 Å². The maximum atomic E-state index is 14.0. The molecule has 0 aliphatic carbocycles. The topological polar surface area (TPSA) is 50.2 Å². The fourth-order valence-electron chi connectivity index (χ4n) is 2.37. The third-order valence-corrected chi connectivity index (χ3v) is 3.93. The first-order chi connectivity index (χ1) is 11.9. The highest BCUT2D eigenvalue weighted by Crippen LogP contribution is 2.20. The number of benzene rings is 1. The van der Waals surface area contributed by atoms with Crippen LogP contribution in [-0.2, 0) is 13.1 Å². The summed E-state index contributed by atoms with van der Waals surface area (Å²) < 4.78 is 15.8. The van der Waals surface area contributed by atoms with Gasteiger partial charge in [0.05, 0.1) is 13.1 Å². The van der Waals surface area contributed by atoms with Crippen LogP contribution in [0.2, 0.25) is 5.02 Å². The van der Waals surface area contributed by atoms with E-state index in [1.165, 1.54) is 6.07 Å². The van der Waals surface area contributed by atoms with E-state index in [2.05, 4.69) is 16.9 Å². The van der Waals surface area contributed by atoms with Gasteiger partial charge >= 0.3 is 6.03 Å². The average molecular weight is 365 g/mol. The van der Waals surface area contributed by atoms with Gasteiger partial charge in [-0.2, -0.15) is 0 Å². The van der Waals surface area contributed by atoms with E-state index in [0.29, 0.717) is 23.0 Å². The molecule has 0 fully saturated rings. The number of amides is 2. The van der Waals surface area contributed by atoms with Gasteiger partial charge < -0.3 is 14.8 Å². The van der Waals surface area contributed by atoms with Crippen molar-refractivity contribution in [2.75, 3.05) is 6.54 Å². The molecule has 25 heavy (non-hydrogen) atoms. The normalized spacial score (nSPS) is 10.8. The number of carbonyl (C=O) groups excluding carboxylic acids is 1. The van der Waals surface area contributed by atoms with Crippen molar-refractivity contribution in [1.29, 1.82) is 0 Å².